The average Bonchev–Trinajstić information content (AvgIpc) is 2.58. The van der Waals surface area contributed by atoms with Crippen LogP contribution in [0, 0.1) is 0 Å². The second kappa shape index (κ2) is 8.43. The number of carbonyl (C=O) groups is 1. The number of hydrogen-bond donors (Lipinski definition) is 0. The molecule has 0 saturated carbocycles. The molecule has 0 radical (unpaired) electrons. The van der Waals surface area contributed by atoms with Crippen LogP contribution in [0.25, 0.3) is 0 Å². The number of methoxy groups -OCH3 is 2. The largest absolute Gasteiger partial charge is 0.493 e. The summed E-state index contributed by atoms with van der Waals surface area (Å²) in [5.74, 6) is 1.34. The van der Waals surface area contributed by atoms with E-state index >= 15 is 0 Å². The predicted molar refractivity (Wildman–Crippen MR) is 89.5 cm³/mol. The summed E-state index contributed by atoms with van der Waals surface area (Å²) in [6.07, 6.45) is 0. The van der Waals surface area contributed by atoms with E-state index in [1.807, 2.05) is 24.3 Å². The molecule has 0 N–H and O–H groups in total. The van der Waals surface area contributed by atoms with Gasteiger partial charge < -0.3 is 18.9 Å². The van der Waals surface area contributed by atoms with E-state index in [0.29, 0.717) is 30.3 Å². The van der Waals surface area contributed by atoms with Crippen molar-refractivity contribution in [1.82, 2.24) is 0 Å². The lowest BCUT2D eigenvalue weighted by Gasteiger charge is -2.12. The van der Waals surface area contributed by atoms with Crippen molar-refractivity contribution in [1.29, 1.82) is 0 Å². The molecule has 0 atom stereocenters. The normalized spacial score (nSPS) is 10.0. The molecule has 0 unspecified atom stereocenters. The summed E-state index contributed by atoms with van der Waals surface area (Å²) in [4.78, 5) is 11.5. The van der Waals surface area contributed by atoms with Gasteiger partial charge in [0.05, 0.1) is 19.8 Å². The van der Waals surface area contributed by atoms with Crippen molar-refractivity contribution in [2.24, 2.45) is 0 Å². The minimum Gasteiger partial charge on any atom is -0.493 e. The molecule has 6 heteroatoms. The maximum Gasteiger partial charge on any atom is 0.337 e. The number of benzene rings is 2. The van der Waals surface area contributed by atoms with Gasteiger partial charge in [-0.2, -0.15) is 0 Å². The molecule has 5 nitrogen and oxygen atoms in total. The van der Waals surface area contributed by atoms with Crippen LogP contribution in [0.15, 0.2) is 46.9 Å². The van der Waals surface area contributed by atoms with Crippen LogP contribution in [-0.4, -0.2) is 33.4 Å². The zero-order valence-corrected chi connectivity index (χ0v) is 14.5. The second-order valence-electron chi connectivity index (χ2n) is 4.51. The van der Waals surface area contributed by atoms with Crippen molar-refractivity contribution >= 4 is 21.9 Å². The van der Waals surface area contributed by atoms with Gasteiger partial charge in [0.25, 0.3) is 0 Å². The highest BCUT2D eigenvalue weighted by Gasteiger charge is 2.11. The fraction of sp³-hybridized carbons (Fsp3) is 0.235. The van der Waals surface area contributed by atoms with E-state index < -0.39 is 5.97 Å². The minimum absolute atomic E-state index is 0.348. The molecule has 0 bridgehead atoms. The van der Waals surface area contributed by atoms with Gasteiger partial charge in [-0.25, -0.2) is 4.79 Å². The standard InChI is InChI=1S/C17H17BrO5/c1-20-16-10-12(17(19)21-2)6-7-15(16)23-9-8-22-14-5-3-4-13(18)11-14/h3-7,10-11H,8-9H2,1-2H3. The first-order valence-electron chi connectivity index (χ1n) is 6.91. The third kappa shape index (κ3) is 4.89. The summed E-state index contributed by atoms with van der Waals surface area (Å²) in [7, 11) is 2.85. The molecule has 0 aliphatic carbocycles. The van der Waals surface area contributed by atoms with Crippen LogP contribution in [-0.2, 0) is 4.74 Å². The van der Waals surface area contributed by atoms with Crippen molar-refractivity contribution in [2.45, 2.75) is 0 Å². The fourth-order valence-electron chi connectivity index (χ4n) is 1.90. The Morgan fingerprint density at radius 2 is 1.78 bits per heavy atom. The molecule has 0 aliphatic rings. The summed E-state index contributed by atoms with van der Waals surface area (Å²) in [5.41, 5.74) is 0.405. The van der Waals surface area contributed by atoms with Gasteiger partial charge in [-0.15, -0.1) is 0 Å². The Labute approximate surface area is 143 Å². The molecule has 122 valence electrons. The highest BCUT2D eigenvalue weighted by Crippen LogP contribution is 2.28. The number of rotatable bonds is 7. The van der Waals surface area contributed by atoms with E-state index in [0.717, 1.165) is 10.2 Å². The highest BCUT2D eigenvalue weighted by molar-refractivity contribution is 9.10. The summed E-state index contributed by atoms with van der Waals surface area (Å²) in [5, 5.41) is 0. The van der Waals surface area contributed by atoms with Crippen LogP contribution in [0.4, 0.5) is 0 Å². The number of carbonyl (C=O) groups excluding carboxylic acids is 1. The molecule has 2 aromatic rings. The first-order valence-corrected chi connectivity index (χ1v) is 7.71. The Morgan fingerprint density at radius 3 is 2.48 bits per heavy atom. The van der Waals surface area contributed by atoms with Gasteiger partial charge in [0.1, 0.15) is 19.0 Å². The zero-order chi connectivity index (χ0) is 16.7. The van der Waals surface area contributed by atoms with Crippen molar-refractivity contribution in [2.75, 3.05) is 27.4 Å². The van der Waals surface area contributed by atoms with Crippen molar-refractivity contribution in [3.8, 4) is 17.2 Å². The van der Waals surface area contributed by atoms with E-state index in [9.17, 15) is 4.79 Å². The average molecular weight is 381 g/mol. The molecular weight excluding hydrogens is 364 g/mol. The van der Waals surface area contributed by atoms with Gasteiger partial charge in [0.15, 0.2) is 11.5 Å². The Bertz CT molecular complexity index is 672. The third-order valence-corrected chi connectivity index (χ3v) is 3.48. The van der Waals surface area contributed by atoms with Crippen LogP contribution < -0.4 is 14.2 Å². The van der Waals surface area contributed by atoms with E-state index in [2.05, 4.69) is 20.7 Å². The first kappa shape index (κ1) is 17.1. The Kier molecular flexibility index (Phi) is 6.29. The van der Waals surface area contributed by atoms with Crippen LogP contribution in [0.3, 0.4) is 0 Å². The monoisotopic (exact) mass is 380 g/mol. The highest BCUT2D eigenvalue weighted by atomic mass is 79.9. The van der Waals surface area contributed by atoms with Crippen LogP contribution >= 0.6 is 15.9 Å². The molecular formula is C17H17BrO5. The van der Waals surface area contributed by atoms with Crippen molar-refractivity contribution in [3.05, 3.63) is 52.5 Å². The number of ether oxygens (including phenoxy) is 4. The lowest BCUT2D eigenvalue weighted by Crippen LogP contribution is -2.10. The molecule has 0 saturated heterocycles. The Morgan fingerprint density at radius 1 is 1.00 bits per heavy atom. The lowest BCUT2D eigenvalue weighted by atomic mass is 10.2. The fourth-order valence-corrected chi connectivity index (χ4v) is 2.28. The summed E-state index contributed by atoms with van der Waals surface area (Å²) in [6, 6.07) is 12.5. The van der Waals surface area contributed by atoms with E-state index in [-0.39, 0.29) is 0 Å². The summed E-state index contributed by atoms with van der Waals surface area (Å²) < 4.78 is 22.1. The molecule has 0 amide bonds. The van der Waals surface area contributed by atoms with Gasteiger partial charge in [0, 0.05) is 4.47 Å². The third-order valence-electron chi connectivity index (χ3n) is 2.99. The number of hydrogen-bond acceptors (Lipinski definition) is 5. The summed E-state index contributed by atoms with van der Waals surface area (Å²) >= 11 is 3.39. The molecule has 23 heavy (non-hydrogen) atoms. The zero-order valence-electron chi connectivity index (χ0n) is 12.9. The Hall–Kier alpha value is -2.21. The van der Waals surface area contributed by atoms with Gasteiger partial charge in [0.2, 0.25) is 0 Å². The molecule has 0 spiro atoms. The molecule has 2 aromatic carbocycles. The van der Waals surface area contributed by atoms with E-state index in [4.69, 9.17) is 14.2 Å². The quantitative estimate of drug-likeness (QED) is 0.541. The summed E-state index contributed by atoms with van der Waals surface area (Å²) in [6.45, 7) is 0.735. The smallest absolute Gasteiger partial charge is 0.337 e. The van der Waals surface area contributed by atoms with Gasteiger partial charge in [-0.1, -0.05) is 22.0 Å². The number of esters is 1. The minimum atomic E-state index is -0.423. The molecule has 0 heterocycles. The van der Waals surface area contributed by atoms with Crippen LogP contribution in [0.1, 0.15) is 10.4 Å². The molecule has 0 aromatic heterocycles. The Balaban J connectivity index is 1.91. The van der Waals surface area contributed by atoms with E-state index in [1.165, 1.54) is 14.2 Å². The predicted octanol–water partition coefficient (Wildman–Crippen LogP) is 3.70. The van der Waals surface area contributed by atoms with Crippen molar-refractivity contribution in [3.63, 3.8) is 0 Å². The second-order valence-corrected chi connectivity index (χ2v) is 5.43. The molecule has 0 fully saturated rings. The first-order chi connectivity index (χ1) is 11.1. The van der Waals surface area contributed by atoms with Crippen LogP contribution in [0.2, 0.25) is 0 Å². The molecule has 0 aliphatic heterocycles. The van der Waals surface area contributed by atoms with Gasteiger partial charge >= 0.3 is 5.97 Å². The molecule has 2 rings (SSSR count). The maximum absolute atomic E-state index is 11.5. The topological polar surface area (TPSA) is 54.0 Å². The van der Waals surface area contributed by atoms with Crippen molar-refractivity contribution < 1.29 is 23.7 Å². The maximum atomic E-state index is 11.5. The number of halogens is 1. The van der Waals surface area contributed by atoms with Gasteiger partial charge in [-0.05, 0) is 36.4 Å². The SMILES string of the molecule is COC(=O)c1ccc(OCCOc2cccc(Br)c2)c(OC)c1. The van der Waals surface area contributed by atoms with E-state index in [1.54, 1.807) is 18.2 Å². The lowest BCUT2D eigenvalue weighted by molar-refractivity contribution is 0.0600. The van der Waals surface area contributed by atoms with Gasteiger partial charge in [-0.3, -0.25) is 0 Å². The van der Waals surface area contributed by atoms with Crippen LogP contribution in [0.5, 0.6) is 17.2 Å².